The second-order valence-electron chi connectivity index (χ2n) is 13.8. The van der Waals surface area contributed by atoms with Crippen molar-refractivity contribution in [3.05, 3.63) is 54.1 Å². The van der Waals surface area contributed by atoms with Crippen LogP contribution < -0.4 is 10.1 Å². The second kappa shape index (κ2) is 28.9. The molecule has 284 valence electrons. The van der Waals surface area contributed by atoms with Gasteiger partial charge in [0.25, 0.3) is 0 Å². The Labute approximate surface area is 307 Å². The molecular formula is C42H65N3O6. The predicted molar refractivity (Wildman–Crippen MR) is 205 cm³/mol. The third-order valence-electron chi connectivity index (χ3n) is 9.22. The molecule has 1 amide bonds. The molecule has 0 saturated heterocycles. The fourth-order valence-electron chi connectivity index (χ4n) is 6.05. The molecule has 3 N–H and O–H groups in total. The smallest absolute Gasteiger partial charge is 0.326 e. The number of azo groups is 1. The highest BCUT2D eigenvalue weighted by Crippen LogP contribution is 2.23. The highest BCUT2D eigenvalue weighted by molar-refractivity contribution is 5.83. The number of hydrogen-bond donors (Lipinski definition) is 3. The maximum atomic E-state index is 12.0. The Bertz CT molecular complexity index is 1230. The summed E-state index contributed by atoms with van der Waals surface area (Å²) in [4.78, 5) is 33.8. The highest BCUT2D eigenvalue weighted by atomic mass is 16.5. The van der Waals surface area contributed by atoms with Crippen LogP contribution in [0.2, 0.25) is 0 Å². The number of aliphatic carboxylic acids is 2. The Morgan fingerprint density at radius 1 is 0.608 bits per heavy atom. The minimum atomic E-state index is -1.21. The van der Waals surface area contributed by atoms with E-state index in [-0.39, 0.29) is 25.2 Å². The number of nitrogens with zero attached hydrogens (tertiary/aromatic N) is 2. The largest absolute Gasteiger partial charge is 0.494 e. The number of carbonyl (C=O) groups excluding carboxylic acids is 1. The predicted octanol–water partition coefficient (Wildman–Crippen LogP) is 11.7. The first kappa shape index (κ1) is 43.4. The molecule has 0 aliphatic heterocycles. The van der Waals surface area contributed by atoms with E-state index in [9.17, 15) is 14.4 Å². The SMILES string of the molecule is CCCCCCCCCCCCCCc1ccc(N=Nc2ccc(OCCCCCCCCCCC(=O)N[C@@H](CCC(=O)O)C(=O)O)cc2)cc1. The number of carboxylic acids is 2. The summed E-state index contributed by atoms with van der Waals surface area (Å²) in [5.41, 5.74) is 3.02. The first-order valence-corrected chi connectivity index (χ1v) is 19.8. The van der Waals surface area contributed by atoms with Gasteiger partial charge >= 0.3 is 11.9 Å². The molecule has 9 nitrogen and oxygen atoms in total. The molecule has 0 radical (unpaired) electrons. The number of nitrogens with one attached hydrogen (secondary N) is 1. The van der Waals surface area contributed by atoms with Crippen molar-refractivity contribution in [2.24, 2.45) is 10.2 Å². The number of benzene rings is 2. The maximum Gasteiger partial charge on any atom is 0.326 e. The summed E-state index contributed by atoms with van der Waals surface area (Å²) in [6, 6.07) is 15.0. The molecule has 0 saturated carbocycles. The van der Waals surface area contributed by atoms with Crippen LogP contribution in [0.25, 0.3) is 0 Å². The van der Waals surface area contributed by atoms with Crippen LogP contribution in [0.5, 0.6) is 5.75 Å². The van der Waals surface area contributed by atoms with Crippen molar-refractivity contribution in [3.8, 4) is 5.75 Å². The van der Waals surface area contributed by atoms with Gasteiger partial charge in [0.05, 0.1) is 18.0 Å². The number of rotatable bonds is 32. The summed E-state index contributed by atoms with van der Waals surface area (Å²) < 4.78 is 5.90. The van der Waals surface area contributed by atoms with E-state index in [0.717, 1.165) is 68.5 Å². The van der Waals surface area contributed by atoms with Crippen LogP contribution in [-0.4, -0.2) is 40.7 Å². The van der Waals surface area contributed by atoms with Gasteiger partial charge in [0.15, 0.2) is 0 Å². The van der Waals surface area contributed by atoms with Crippen LogP contribution in [0, 0.1) is 0 Å². The van der Waals surface area contributed by atoms with E-state index < -0.39 is 18.0 Å². The van der Waals surface area contributed by atoms with Crippen LogP contribution >= 0.6 is 0 Å². The maximum absolute atomic E-state index is 12.0. The Hall–Kier alpha value is -3.75. The Morgan fingerprint density at radius 3 is 1.59 bits per heavy atom. The molecule has 0 heterocycles. The lowest BCUT2D eigenvalue weighted by Gasteiger charge is -2.13. The third kappa shape index (κ3) is 23.4. The van der Waals surface area contributed by atoms with Crippen LogP contribution in [0.4, 0.5) is 11.4 Å². The Morgan fingerprint density at radius 2 is 1.08 bits per heavy atom. The van der Waals surface area contributed by atoms with Gasteiger partial charge in [-0.25, -0.2) is 4.79 Å². The lowest BCUT2D eigenvalue weighted by atomic mass is 10.0. The average Bonchev–Trinajstić information content (AvgIpc) is 3.12. The standard InChI is InChI=1S/C42H65N3O6/c1-2-3-4-5-6-7-8-9-10-13-16-19-22-35-24-26-36(27-25-35)44-45-37-28-30-38(31-29-37)51-34-21-18-15-12-11-14-17-20-23-40(46)43-39(42(49)50)32-33-41(47)48/h24-31,39H,2-23,32-34H2,1H3,(H,43,46)(H,47,48)(H,49,50)/t39-/m0/s1. The van der Waals surface area contributed by atoms with Gasteiger partial charge in [0, 0.05) is 12.8 Å². The Kier molecular flexibility index (Phi) is 24.6. The van der Waals surface area contributed by atoms with Crippen molar-refractivity contribution >= 4 is 29.2 Å². The lowest BCUT2D eigenvalue weighted by Crippen LogP contribution is -2.41. The van der Waals surface area contributed by atoms with Gasteiger partial charge in [0.2, 0.25) is 5.91 Å². The van der Waals surface area contributed by atoms with Gasteiger partial charge in [-0.05, 0) is 74.1 Å². The van der Waals surface area contributed by atoms with Gasteiger partial charge < -0.3 is 20.3 Å². The summed E-state index contributed by atoms with van der Waals surface area (Å²) in [6.07, 6.45) is 25.5. The van der Waals surface area contributed by atoms with E-state index in [1.54, 1.807) is 0 Å². The number of ether oxygens (including phenoxy) is 1. The summed E-state index contributed by atoms with van der Waals surface area (Å²) in [7, 11) is 0. The topological polar surface area (TPSA) is 138 Å². The van der Waals surface area contributed by atoms with E-state index in [1.165, 1.54) is 82.6 Å². The molecule has 0 aliphatic rings. The zero-order chi connectivity index (χ0) is 36.8. The third-order valence-corrected chi connectivity index (χ3v) is 9.22. The van der Waals surface area contributed by atoms with Crippen LogP contribution in [0.1, 0.15) is 160 Å². The van der Waals surface area contributed by atoms with Crippen molar-refractivity contribution < 1.29 is 29.3 Å². The molecule has 0 aliphatic carbocycles. The first-order valence-electron chi connectivity index (χ1n) is 19.8. The summed E-state index contributed by atoms with van der Waals surface area (Å²) in [5, 5.41) is 29.1. The normalized spacial score (nSPS) is 11.9. The molecule has 2 aromatic carbocycles. The Balaban J connectivity index is 1.46. The van der Waals surface area contributed by atoms with Gasteiger partial charge in [-0.3, -0.25) is 9.59 Å². The highest BCUT2D eigenvalue weighted by Gasteiger charge is 2.20. The van der Waals surface area contributed by atoms with Gasteiger partial charge in [-0.15, -0.1) is 0 Å². The molecule has 2 rings (SSSR count). The number of hydrogen-bond acceptors (Lipinski definition) is 6. The van der Waals surface area contributed by atoms with E-state index >= 15 is 0 Å². The summed E-state index contributed by atoms with van der Waals surface area (Å²) in [6.45, 7) is 2.95. The molecule has 1 atom stereocenters. The van der Waals surface area contributed by atoms with Crippen molar-refractivity contribution in [1.29, 1.82) is 0 Å². The van der Waals surface area contributed by atoms with Crippen molar-refractivity contribution in [2.45, 2.75) is 167 Å². The summed E-state index contributed by atoms with van der Waals surface area (Å²) in [5.74, 6) is -1.80. The lowest BCUT2D eigenvalue weighted by molar-refractivity contribution is -0.143. The van der Waals surface area contributed by atoms with Crippen molar-refractivity contribution in [1.82, 2.24) is 5.32 Å². The van der Waals surface area contributed by atoms with Crippen LogP contribution in [0.15, 0.2) is 58.8 Å². The van der Waals surface area contributed by atoms with E-state index in [1.807, 2.05) is 36.4 Å². The average molecular weight is 708 g/mol. The fraction of sp³-hybridized carbons (Fsp3) is 0.643. The summed E-state index contributed by atoms with van der Waals surface area (Å²) >= 11 is 0. The molecule has 0 spiro atoms. The van der Waals surface area contributed by atoms with E-state index in [2.05, 4.69) is 34.6 Å². The fourth-order valence-corrected chi connectivity index (χ4v) is 6.05. The zero-order valence-corrected chi connectivity index (χ0v) is 31.3. The molecule has 0 aromatic heterocycles. The molecule has 2 aromatic rings. The molecule has 0 bridgehead atoms. The minimum Gasteiger partial charge on any atom is -0.494 e. The van der Waals surface area contributed by atoms with Gasteiger partial charge in [0.1, 0.15) is 11.8 Å². The number of carbonyl (C=O) groups is 3. The van der Waals surface area contributed by atoms with Crippen LogP contribution in [-0.2, 0) is 20.8 Å². The van der Waals surface area contributed by atoms with E-state index in [4.69, 9.17) is 14.9 Å². The zero-order valence-electron chi connectivity index (χ0n) is 31.3. The first-order chi connectivity index (χ1) is 24.9. The van der Waals surface area contributed by atoms with Crippen molar-refractivity contribution in [3.63, 3.8) is 0 Å². The molecule has 0 unspecified atom stereocenters. The minimum absolute atomic E-state index is 0.115. The molecule has 9 heteroatoms. The second-order valence-corrected chi connectivity index (χ2v) is 13.8. The number of aryl methyl sites for hydroxylation is 1. The van der Waals surface area contributed by atoms with Crippen molar-refractivity contribution in [2.75, 3.05) is 6.61 Å². The number of unbranched alkanes of at least 4 members (excludes halogenated alkanes) is 18. The quantitative estimate of drug-likeness (QED) is 0.0511. The van der Waals surface area contributed by atoms with Gasteiger partial charge in [-0.2, -0.15) is 10.2 Å². The van der Waals surface area contributed by atoms with Gasteiger partial charge in [-0.1, -0.05) is 128 Å². The molecule has 51 heavy (non-hydrogen) atoms. The number of carboxylic acid groups (broad SMARTS) is 2. The van der Waals surface area contributed by atoms with Crippen LogP contribution in [0.3, 0.4) is 0 Å². The number of amides is 1. The molecular weight excluding hydrogens is 642 g/mol. The monoisotopic (exact) mass is 707 g/mol. The molecule has 0 fully saturated rings. The van der Waals surface area contributed by atoms with E-state index in [0.29, 0.717) is 13.0 Å².